The highest BCUT2D eigenvalue weighted by Gasteiger charge is 2.39. The lowest BCUT2D eigenvalue weighted by molar-refractivity contribution is -0.123. The predicted octanol–water partition coefficient (Wildman–Crippen LogP) is 7.20. The Kier molecular flexibility index (Phi) is 17.7. The Morgan fingerprint density at radius 2 is 0.806 bits per heavy atom. The van der Waals surface area contributed by atoms with Gasteiger partial charge in [-0.05, 0) is 19.3 Å². The zero-order chi connectivity index (χ0) is 22.6. The van der Waals surface area contributed by atoms with Crippen LogP contribution in [0.25, 0.3) is 0 Å². The number of carbonyl (C=O) groups excluding carboxylic acids is 2. The normalized spacial score (nSPS) is 17.5. The van der Waals surface area contributed by atoms with Crippen molar-refractivity contribution in [3.63, 3.8) is 0 Å². The van der Waals surface area contributed by atoms with E-state index < -0.39 is 0 Å². The van der Waals surface area contributed by atoms with Crippen LogP contribution in [0, 0.1) is 0 Å². The molecule has 0 aliphatic heterocycles. The summed E-state index contributed by atoms with van der Waals surface area (Å²) in [6, 6.07) is 0.330. The Balaban J connectivity index is 1.87. The van der Waals surface area contributed by atoms with Crippen LogP contribution in [0.1, 0.15) is 149 Å². The van der Waals surface area contributed by atoms with Gasteiger partial charge in [-0.1, -0.05) is 117 Å². The van der Waals surface area contributed by atoms with Crippen molar-refractivity contribution in [2.24, 2.45) is 0 Å². The molecule has 2 amide bonds. The minimum atomic E-state index is 0.156. The van der Waals surface area contributed by atoms with E-state index >= 15 is 0 Å². The minimum Gasteiger partial charge on any atom is -0.351 e. The Morgan fingerprint density at radius 3 is 1.13 bits per heavy atom. The number of rotatable bonds is 22. The lowest BCUT2D eigenvalue weighted by Crippen LogP contribution is -2.34. The topological polar surface area (TPSA) is 58.2 Å². The standard InChI is InChI=1S/C27H52N2O2/c1-3-5-7-9-11-13-15-17-19-21-26(30)28-24-23-25(24)29-27(31)22-20-18-16-14-12-10-8-6-4-2/h24-25H,3-23H2,1-2H3,(H,28,30)(H,29,31). The van der Waals surface area contributed by atoms with E-state index in [0.717, 1.165) is 32.1 Å². The van der Waals surface area contributed by atoms with Gasteiger partial charge >= 0.3 is 0 Å². The van der Waals surface area contributed by atoms with Crippen LogP contribution in [0.3, 0.4) is 0 Å². The molecular weight excluding hydrogens is 384 g/mol. The summed E-state index contributed by atoms with van der Waals surface area (Å²) < 4.78 is 0. The van der Waals surface area contributed by atoms with Crippen molar-refractivity contribution in [3.8, 4) is 0 Å². The fraction of sp³-hybridized carbons (Fsp3) is 0.926. The molecule has 0 aromatic rings. The van der Waals surface area contributed by atoms with Crippen LogP contribution >= 0.6 is 0 Å². The van der Waals surface area contributed by atoms with Gasteiger partial charge in [0.15, 0.2) is 0 Å². The molecule has 2 atom stereocenters. The molecular formula is C27H52N2O2. The van der Waals surface area contributed by atoms with Crippen molar-refractivity contribution >= 4 is 11.8 Å². The fourth-order valence-corrected chi connectivity index (χ4v) is 4.26. The van der Waals surface area contributed by atoms with Gasteiger partial charge in [-0.25, -0.2) is 0 Å². The SMILES string of the molecule is CCCCCCCCCCCC(=O)NC1CC1NC(=O)CCCCCCCCCCC. The van der Waals surface area contributed by atoms with Gasteiger partial charge < -0.3 is 10.6 Å². The molecule has 0 aromatic carbocycles. The Bertz CT molecular complexity index is 413. The number of carbonyl (C=O) groups is 2. The molecule has 0 radical (unpaired) electrons. The molecule has 4 nitrogen and oxygen atoms in total. The van der Waals surface area contributed by atoms with Gasteiger partial charge in [0.1, 0.15) is 0 Å². The lowest BCUT2D eigenvalue weighted by atomic mass is 10.1. The smallest absolute Gasteiger partial charge is 0.220 e. The van der Waals surface area contributed by atoms with E-state index in [2.05, 4.69) is 24.5 Å². The van der Waals surface area contributed by atoms with Gasteiger partial charge in [0.25, 0.3) is 0 Å². The highest BCUT2D eigenvalue weighted by atomic mass is 16.2. The average Bonchev–Trinajstić information content (AvgIpc) is 3.47. The largest absolute Gasteiger partial charge is 0.351 e. The molecule has 1 aliphatic rings. The second-order valence-corrected chi connectivity index (χ2v) is 9.74. The molecule has 31 heavy (non-hydrogen) atoms. The number of hydrogen-bond donors (Lipinski definition) is 2. The first-order valence-corrected chi connectivity index (χ1v) is 13.8. The van der Waals surface area contributed by atoms with Crippen molar-refractivity contribution in [1.82, 2.24) is 10.6 Å². The maximum Gasteiger partial charge on any atom is 0.220 e. The zero-order valence-electron chi connectivity index (χ0n) is 20.8. The molecule has 1 fully saturated rings. The van der Waals surface area contributed by atoms with Gasteiger partial charge in [-0.15, -0.1) is 0 Å². The summed E-state index contributed by atoms with van der Waals surface area (Å²) in [5.74, 6) is 0.312. The summed E-state index contributed by atoms with van der Waals surface area (Å²) in [5, 5.41) is 6.17. The Morgan fingerprint density at radius 1 is 0.516 bits per heavy atom. The molecule has 0 bridgehead atoms. The average molecular weight is 437 g/mol. The third-order valence-corrected chi connectivity index (χ3v) is 6.50. The van der Waals surface area contributed by atoms with Crippen LogP contribution in [-0.2, 0) is 9.59 Å². The summed E-state index contributed by atoms with van der Waals surface area (Å²) in [6.45, 7) is 4.50. The van der Waals surface area contributed by atoms with Gasteiger partial charge in [0.2, 0.25) is 11.8 Å². The van der Waals surface area contributed by atoms with Gasteiger partial charge in [0.05, 0.1) is 12.1 Å². The van der Waals surface area contributed by atoms with E-state index in [1.165, 1.54) is 89.9 Å². The minimum absolute atomic E-state index is 0.156. The Labute approximate surface area is 193 Å². The summed E-state index contributed by atoms with van der Waals surface area (Å²) in [4.78, 5) is 24.1. The van der Waals surface area contributed by atoms with Crippen LogP contribution in [0.5, 0.6) is 0 Å². The van der Waals surface area contributed by atoms with E-state index in [-0.39, 0.29) is 23.9 Å². The molecule has 2 unspecified atom stereocenters. The van der Waals surface area contributed by atoms with Gasteiger partial charge in [-0.2, -0.15) is 0 Å². The molecule has 0 spiro atoms. The van der Waals surface area contributed by atoms with E-state index in [9.17, 15) is 9.59 Å². The predicted molar refractivity (Wildman–Crippen MR) is 132 cm³/mol. The van der Waals surface area contributed by atoms with Crippen LogP contribution in [0.4, 0.5) is 0 Å². The van der Waals surface area contributed by atoms with Crippen molar-refractivity contribution in [1.29, 1.82) is 0 Å². The van der Waals surface area contributed by atoms with Crippen molar-refractivity contribution in [2.45, 2.75) is 161 Å². The van der Waals surface area contributed by atoms with Crippen molar-refractivity contribution in [2.75, 3.05) is 0 Å². The number of nitrogens with one attached hydrogen (secondary N) is 2. The first kappa shape index (κ1) is 28.0. The lowest BCUT2D eigenvalue weighted by Gasteiger charge is -2.07. The number of hydrogen-bond acceptors (Lipinski definition) is 2. The summed E-state index contributed by atoms with van der Waals surface area (Å²) in [5.41, 5.74) is 0. The van der Waals surface area contributed by atoms with Crippen molar-refractivity contribution < 1.29 is 9.59 Å². The van der Waals surface area contributed by atoms with Crippen LogP contribution in [0.2, 0.25) is 0 Å². The van der Waals surface area contributed by atoms with Gasteiger partial charge in [0, 0.05) is 12.8 Å². The van der Waals surface area contributed by atoms with Crippen LogP contribution in [-0.4, -0.2) is 23.9 Å². The zero-order valence-corrected chi connectivity index (χ0v) is 20.8. The fourth-order valence-electron chi connectivity index (χ4n) is 4.26. The summed E-state index contributed by atoms with van der Waals surface area (Å²) in [6.07, 6.45) is 25.1. The highest BCUT2D eigenvalue weighted by Crippen LogP contribution is 2.22. The summed E-state index contributed by atoms with van der Waals surface area (Å²) >= 11 is 0. The van der Waals surface area contributed by atoms with Crippen LogP contribution in [0.15, 0.2) is 0 Å². The van der Waals surface area contributed by atoms with Crippen LogP contribution < -0.4 is 10.6 Å². The third-order valence-electron chi connectivity index (χ3n) is 6.50. The molecule has 1 aliphatic carbocycles. The Hall–Kier alpha value is -1.06. The summed E-state index contributed by atoms with van der Waals surface area (Å²) in [7, 11) is 0. The monoisotopic (exact) mass is 436 g/mol. The molecule has 0 aromatic heterocycles. The van der Waals surface area contributed by atoms with E-state index in [0.29, 0.717) is 12.8 Å². The quantitative estimate of drug-likeness (QED) is 0.176. The molecule has 1 saturated carbocycles. The third kappa shape index (κ3) is 17.2. The maximum atomic E-state index is 12.1. The molecule has 1 rings (SSSR count). The van der Waals surface area contributed by atoms with E-state index in [1.54, 1.807) is 0 Å². The van der Waals surface area contributed by atoms with Crippen molar-refractivity contribution in [3.05, 3.63) is 0 Å². The van der Waals surface area contributed by atoms with Gasteiger partial charge in [-0.3, -0.25) is 9.59 Å². The molecule has 0 saturated heterocycles. The van der Waals surface area contributed by atoms with E-state index in [4.69, 9.17) is 0 Å². The first-order valence-electron chi connectivity index (χ1n) is 13.8. The molecule has 182 valence electrons. The highest BCUT2D eigenvalue weighted by molar-refractivity contribution is 5.78. The molecule has 0 heterocycles. The molecule has 2 N–H and O–H groups in total. The first-order chi connectivity index (χ1) is 15.2. The van der Waals surface area contributed by atoms with E-state index in [1.807, 2.05) is 0 Å². The second-order valence-electron chi connectivity index (χ2n) is 9.74. The maximum absolute atomic E-state index is 12.1. The number of unbranched alkanes of at least 4 members (excludes halogenated alkanes) is 16. The number of amides is 2. The molecule has 4 heteroatoms. The second kappa shape index (κ2) is 19.6.